The Kier molecular flexibility index (Phi) is 6.64. The average molecular weight is 548 g/mol. The summed E-state index contributed by atoms with van der Waals surface area (Å²) in [6.07, 6.45) is 5.27. The van der Waals surface area contributed by atoms with Crippen LogP contribution in [0, 0.1) is 11.3 Å². The first kappa shape index (κ1) is 26.3. The number of anilines is 2. The Hall–Kier alpha value is -3.60. The minimum Gasteiger partial charge on any atom is -0.370 e. The Labute approximate surface area is 244 Å². The van der Waals surface area contributed by atoms with Crippen LogP contribution in [0.5, 0.6) is 0 Å². The van der Waals surface area contributed by atoms with Crippen LogP contribution in [0.15, 0.2) is 60.9 Å². The van der Waals surface area contributed by atoms with E-state index < -0.39 is 0 Å². The molecule has 7 heteroatoms. The zero-order valence-electron chi connectivity index (χ0n) is 24.4. The minimum absolute atomic E-state index is 0.0610. The largest absolute Gasteiger partial charge is 0.370 e. The van der Waals surface area contributed by atoms with Crippen LogP contribution < -0.4 is 15.1 Å². The molecule has 4 aliphatic rings. The van der Waals surface area contributed by atoms with Crippen LogP contribution in [0.4, 0.5) is 11.4 Å². The third-order valence-corrected chi connectivity index (χ3v) is 10.2. The van der Waals surface area contributed by atoms with Gasteiger partial charge >= 0.3 is 0 Å². The van der Waals surface area contributed by atoms with Crippen LogP contribution in [0.3, 0.4) is 0 Å². The van der Waals surface area contributed by atoms with Gasteiger partial charge in [-0.3, -0.25) is 9.88 Å². The highest BCUT2D eigenvalue weighted by molar-refractivity contribution is 5.95. The van der Waals surface area contributed by atoms with Crippen molar-refractivity contribution in [3.63, 3.8) is 0 Å². The number of nitriles is 1. The van der Waals surface area contributed by atoms with E-state index in [-0.39, 0.29) is 5.54 Å². The van der Waals surface area contributed by atoms with Gasteiger partial charge in [0.15, 0.2) is 0 Å². The van der Waals surface area contributed by atoms with Crippen molar-refractivity contribution in [1.29, 1.82) is 5.26 Å². The Morgan fingerprint density at radius 3 is 2.71 bits per heavy atom. The molecule has 41 heavy (non-hydrogen) atoms. The van der Waals surface area contributed by atoms with Crippen molar-refractivity contribution in [2.45, 2.75) is 57.3 Å². The molecule has 1 N–H and O–H groups in total. The molecule has 4 aliphatic heterocycles. The maximum atomic E-state index is 9.61. The molecule has 3 unspecified atom stereocenters. The van der Waals surface area contributed by atoms with Gasteiger partial charge in [-0.15, -0.1) is 0 Å². The number of fused-ring (bicyclic) bond motifs is 3. The molecule has 7 nitrogen and oxygen atoms in total. The van der Waals surface area contributed by atoms with Gasteiger partial charge < -0.3 is 20.0 Å². The molecule has 0 bridgehead atoms. The van der Waals surface area contributed by atoms with Gasteiger partial charge in [0.1, 0.15) is 6.07 Å². The van der Waals surface area contributed by atoms with Crippen molar-refractivity contribution in [2.24, 2.45) is 0 Å². The third-order valence-electron chi connectivity index (χ3n) is 10.2. The Bertz CT molecular complexity index is 1510. The maximum absolute atomic E-state index is 9.61. The van der Waals surface area contributed by atoms with E-state index in [1.54, 1.807) is 6.20 Å². The van der Waals surface area contributed by atoms with Crippen LogP contribution in [0.1, 0.15) is 43.4 Å². The lowest BCUT2D eigenvalue weighted by atomic mass is 9.89. The fourth-order valence-corrected chi connectivity index (χ4v) is 7.73. The van der Waals surface area contributed by atoms with Gasteiger partial charge in [0, 0.05) is 86.6 Å². The smallest absolute Gasteiger partial charge is 0.101 e. The molecule has 3 fully saturated rings. The molecule has 212 valence electrons. The van der Waals surface area contributed by atoms with E-state index in [0.717, 1.165) is 69.7 Å². The molecule has 0 spiro atoms. The highest BCUT2D eigenvalue weighted by Gasteiger charge is 2.37. The van der Waals surface area contributed by atoms with E-state index in [9.17, 15) is 5.26 Å². The van der Waals surface area contributed by atoms with E-state index in [1.165, 1.54) is 41.0 Å². The van der Waals surface area contributed by atoms with Crippen LogP contribution in [-0.2, 0) is 13.0 Å². The highest BCUT2D eigenvalue weighted by atomic mass is 15.3. The molecule has 0 aliphatic carbocycles. The van der Waals surface area contributed by atoms with Gasteiger partial charge in [-0.05, 0) is 87.2 Å². The summed E-state index contributed by atoms with van der Waals surface area (Å²) in [5.41, 5.74) is 8.30. The summed E-state index contributed by atoms with van der Waals surface area (Å²) in [5, 5.41) is 14.4. The SMILES string of the molecule is C=C(N1CCN(c2ccc3c(c2)CC2CN(c4ccc(C#N)c5ncccc45)CC(C)N2C3)CC1)C1(C)CCCN1. The van der Waals surface area contributed by atoms with Gasteiger partial charge in [-0.2, -0.15) is 5.26 Å². The molecule has 1 aromatic heterocycles. The first-order valence-electron chi connectivity index (χ1n) is 15.3. The summed E-state index contributed by atoms with van der Waals surface area (Å²) < 4.78 is 0. The van der Waals surface area contributed by atoms with Gasteiger partial charge in [-0.1, -0.05) is 12.6 Å². The van der Waals surface area contributed by atoms with Crippen molar-refractivity contribution in [1.82, 2.24) is 20.1 Å². The van der Waals surface area contributed by atoms with Crippen molar-refractivity contribution >= 4 is 22.3 Å². The molecule has 0 saturated carbocycles. The Balaban J connectivity index is 1.07. The molecular weight excluding hydrogens is 506 g/mol. The van der Waals surface area contributed by atoms with Crippen molar-refractivity contribution in [3.05, 3.63) is 77.6 Å². The lowest BCUT2D eigenvalue weighted by molar-refractivity contribution is 0.101. The lowest BCUT2D eigenvalue weighted by Gasteiger charge is -2.49. The first-order chi connectivity index (χ1) is 19.9. The molecular formula is C34H41N7. The summed E-state index contributed by atoms with van der Waals surface area (Å²) in [7, 11) is 0. The second-order valence-electron chi connectivity index (χ2n) is 12.7. The zero-order chi connectivity index (χ0) is 28.1. The molecule has 3 aromatic rings. The van der Waals surface area contributed by atoms with E-state index in [4.69, 9.17) is 0 Å². The number of rotatable bonds is 4. The zero-order valence-corrected chi connectivity index (χ0v) is 24.4. The minimum atomic E-state index is 0.0610. The van der Waals surface area contributed by atoms with E-state index in [0.29, 0.717) is 17.6 Å². The third kappa shape index (κ3) is 4.64. The average Bonchev–Trinajstić information content (AvgIpc) is 3.46. The predicted molar refractivity (Wildman–Crippen MR) is 166 cm³/mol. The number of pyridine rings is 1. The predicted octanol–water partition coefficient (Wildman–Crippen LogP) is 4.52. The quantitative estimate of drug-likeness (QED) is 0.515. The van der Waals surface area contributed by atoms with Crippen LogP contribution in [-0.4, -0.2) is 78.2 Å². The van der Waals surface area contributed by atoms with Gasteiger partial charge in [0.2, 0.25) is 0 Å². The molecule has 3 atom stereocenters. The first-order valence-corrected chi connectivity index (χ1v) is 15.3. The lowest BCUT2D eigenvalue weighted by Crippen LogP contribution is -2.59. The van der Waals surface area contributed by atoms with Crippen molar-refractivity contribution in [3.8, 4) is 6.07 Å². The van der Waals surface area contributed by atoms with E-state index >= 15 is 0 Å². The van der Waals surface area contributed by atoms with Gasteiger partial charge in [0.05, 0.1) is 16.6 Å². The topological polar surface area (TPSA) is 61.7 Å². The molecule has 0 radical (unpaired) electrons. The number of hydrogen-bond acceptors (Lipinski definition) is 7. The molecule has 2 aromatic carbocycles. The van der Waals surface area contributed by atoms with Crippen LogP contribution in [0.2, 0.25) is 0 Å². The molecule has 3 saturated heterocycles. The van der Waals surface area contributed by atoms with Crippen molar-refractivity contribution < 1.29 is 0 Å². The van der Waals surface area contributed by atoms with Gasteiger partial charge in [-0.25, -0.2) is 0 Å². The fourth-order valence-electron chi connectivity index (χ4n) is 7.73. The molecule has 5 heterocycles. The van der Waals surface area contributed by atoms with Gasteiger partial charge in [0.25, 0.3) is 0 Å². The van der Waals surface area contributed by atoms with Crippen molar-refractivity contribution in [2.75, 3.05) is 55.6 Å². The Morgan fingerprint density at radius 2 is 1.93 bits per heavy atom. The normalized spacial score (nSPS) is 26.5. The summed E-state index contributed by atoms with van der Waals surface area (Å²) in [5.74, 6) is 0. The van der Waals surface area contributed by atoms with Crippen LogP contribution in [0.25, 0.3) is 10.9 Å². The fraction of sp³-hybridized carbons (Fsp3) is 0.471. The number of hydrogen-bond donors (Lipinski definition) is 1. The summed E-state index contributed by atoms with van der Waals surface area (Å²) in [6, 6.07) is 18.6. The second kappa shape index (κ2) is 10.3. The second-order valence-corrected chi connectivity index (χ2v) is 12.7. The summed E-state index contributed by atoms with van der Waals surface area (Å²) in [4.78, 5) is 14.8. The molecule has 7 rings (SSSR count). The molecule has 0 amide bonds. The maximum Gasteiger partial charge on any atom is 0.101 e. The monoisotopic (exact) mass is 547 g/mol. The van der Waals surface area contributed by atoms with E-state index in [2.05, 4.69) is 86.7 Å². The standard InChI is InChI=1S/C34H41N7/c1-24-21-40(32-10-8-26(20-35)33-31(32)6-4-12-36-33)23-30-19-28-18-29(9-7-27(28)22-41(24)30)39-16-14-38(15-17-39)25(2)34(3)11-5-13-37-34/h4,6-10,12,18,24,30,37H,2,5,11,13-17,19,21-23H2,1,3H3. The Morgan fingerprint density at radius 1 is 1.07 bits per heavy atom. The highest BCUT2D eigenvalue weighted by Crippen LogP contribution is 2.36. The number of benzene rings is 2. The summed E-state index contributed by atoms with van der Waals surface area (Å²) >= 11 is 0. The number of piperazine rings is 2. The number of aromatic nitrogens is 1. The van der Waals surface area contributed by atoms with Crippen LogP contribution >= 0.6 is 0 Å². The van der Waals surface area contributed by atoms with E-state index in [1.807, 2.05) is 12.1 Å². The number of nitrogens with zero attached hydrogens (tertiary/aromatic N) is 6. The number of nitrogens with one attached hydrogen (secondary N) is 1. The summed E-state index contributed by atoms with van der Waals surface area (Å²) in [6.45, 7) is 17.4.